The maximum Gasteiger partial charge on any atom is 0.366 e. The van der Waals surface area contributed by atoms with Gasteiger partial charge < -0.3 is 9.57 Å². The number of hydrogen-bond donors (Lipinski definition) is 0. The van der Waals surface area contributed by atoms with Gasteiger partial charge in [0.1, 0.15) is 5.75 Å². The lowest BCUT2D eigenvalue weighted by Gasteiger charge is -2.18. The number of benzene rings is 1. The normalized spacial score (nSPS) is 12.3. The monoisotopic (exact) mass is 257 g/mol. The molecule has 0 radical (unpaired) electrons. The Morgan fingerprint density at radius 3 is 2.41 bits per heavy atom. The third kappa shape index (κ3) is 4.63. The van der Waals surface area contributed by atoms with E-state index >= 15 is 0 Å². The van der Waals surface area contributed by atoms with Crippen LogP contribution in [-0.2, 0) is 9.63 Å². The molecule has 1 rings (SSSR count). The summed E-state index contributed by atoms with van der Waals surface area (Å²) in [6.45, 7) is 1.86. The summed E-state index contributed by atoms with van der Waals surface area (Å²) in [6.07, 6.45) is -0.0754. The second kappa shape index (κ2) is 6.47. The Bertz CT molecular complexity index is 365. The molecule has 0 aromatic heterocycles. The van der Waals surface area contributed by atoms with Gasteiger partial charge in [-0.2, -0.15) is 0 Å². The second-order valence-electron chi connectivity index (χ2n) is 3.69. The summed E-state index contributed by atoms with van der Waals surface area (Å²) in [5.74, 6) is 0.185. The van der Waals surface area contributed by atoms with Crippen LogP contribution in [0, 0.1) is 0 Å². The van der Waals surface area contributed by atoms with Crippen LogP contribution in [0.25, 0.3) is 0 Å². The quantitative estimate of drug-likeness (QED) is 0.760. The smallest absolute Gasteiger partial charge is 0.366 e. The van der Waals surface area contributed by atoms with Crippen molar-refractivity contribution in [3.63, 3.8) is 0 Å². The van der Waals surface area contributed by atoms with E-state index in [4.69, 9.17) is 21.2 Å². The van der Waals surface area contributed by atoms with Crippen LogP contribution in [0.15, 0.2) is 24.3 Å². The van der Waals surface area contributed by atoms with E-state index in [1.165, 1.54) is 5.06 Å². The highest BCUT2D eigenvalue weighted by Crippen LogP contribution is 2.18. The van der Waals surface area contributed by atoms with Crippen molar-refractivity contribution in [2.45, 2.75) is 19.4 Å². The molecule has 17 heavy (non-hydrogen) atoms. The fraction of sp³-hybridized carbons (Fsp3) is 0.417. The first-order chi connectivity index (χ1) is 8.02. The molecule has 0 saturated heterocycles. The van der Waals surface area contributed by atoms with Crippen molar-refractivity contribution in [2.75, 3.05) is 14.1 Å². The molecule has 1 aromatic carbocycles. The minimum Gasteiger partial charge on any atom is -0.479 e. The van der Waals surface area contributed by atoms with E-state index in [2.05, 4.69) is 0 Å². The first-order valence-corrected chi connectivity index (χ1v) is 5.72. The molecule has 0 heterocycles. The maximum atomic E-state index is 11.6. The lowest BCUT2D eigenvalue weighted by atomic mass is 10.2. The molecule has 4 nitrogen and oxygen atoms in total. The molecule has 0 N–H and O–H groups in total. The highest BCUT2D eigenvalue weighted by Gasteiger charge is 2.21. The Morgan fingerprint density at radius 2 is 1.94 bits per heavy atom. The maximum absolute atomic E-state index is 11.6. The SMILES string of the molecule is CCC(Oc1ccc(Cl)cc1)C(=O)ON(C)C. The molecule has 0 amide bonds. The van der Waals surface area contributed by atoms with Crippen molar-refractivity contribution < 1.29 is 14.4 Å². The molecule has 0 bridgehead atoms. The Kier molecular flexibility index (Phi) is 5.25. The van der Waals surface area contributed by atoms with Crippen LogP contribution in [0.1, 0.15) is 13.3 Å². The van der Waals surface area contributed by atoms with E-state index in [1.54, 1.807) is 38.4 Å². The molecular weight excluding hydrogens is 242 g/mol. The third-order valence-electron chi connectivity index (χ3n) is 2.00. The summed E-state index contributed by atoms with van der Waals surface area (Å²) in [7, 11) is 3.29. The van der Waals surface area contributed by atoms with Gasteiger partial charge in [0.25, 0.3) is 0 Å². The number of hydroxylamine groups is 2. The Morgan fingerprint density at radius 1 is 1.35 bits per heavy atom. The Balaban J connectivity index is 2.63. The van der Waals surface area contributed by atoms with Crippen LogP contribution in [-0.4, -0.2) is 31.2 Å². The molecule has 94 valence electrons. The molecular formula is C12H16ClNO3. The van der Waals surface area contributed by atoms with E-state index in [0.717, 1.165) is 0 Å². The molecule has 1 unspecified atom stereocenters. The van der Waals surface area contributed by atoms with Gasteiger partial charge in [-0.3, -0.25) is 0 Å². The summed E-state index contributed by atoms with van der Waals surface area (Å²) in [5.41, 5.74) is 0. The highest BCUT2D eigenvalue weighted by atomic mass is 35.5. The van der Waals surface area contributed by atoms with Crippen LogP contribution < -0.4 is 4.74 Å². The summed E-state index contributed by atoms with van der Waals surface area (Å²) in [5, 5.41) is 1.97. The Hall–Kier alpha value is -1.26. The van der Waals surface area contributed by atoms with Crippen LogP contribution in [0.5, 0.6) is 5.75 Å². The molecule has 0 fully saturated rings. The largest absolute Gasteiger partial charge is 0.479 e. The van der Waals surface area contributed by atoms with E-state index in [1.807, 2.05) is 6.92 Å². The van der Waals surface area contributed by atoms with Crippen molar-refractivity contribution in [3.8, 4) is 5.75 Å². The molecule has 0 spiro atoms. The fourth-order valence-corrected chi connectivity index (χ4v) is 1.34. The number of rotatable bonds is 5. The van der Waals surface area contributed by atoms with Crippen LogP contribution >= 0.6 is 11.6 Å². The third-order valence-corrected chi connectivity index (χ3v) is 2.25. The van der Waals surface area contributed by atoms with Gasteiger partial charge in [-0.15, -0.1) is 5.06 Å². The summed E-state index contributed by atoms with van der Waals surface area (Å²) < 4.78 is 5.52. The standard InChI is InChI=1S/C12H16ClNO3/c1-4-11(12(15)17-14(2)3)16-10-7-5-9(13)6-8-10/h5-8,11H,4H2,1-3H3. The molecule has 0 saturated carbocycles. The molecule has 0 aliphatic rings. The average Bonchev–Trinajstić information content (AvgIpc) is 2.27. The molecule has 5 heteroatoms. The molecule has 1 atom stereocenters. The Labute approximate surface area is 106 Å². The lowest BCUT2D eigenvalue weighted by Crippen LogP contribution is -2.32. The van der Waals surface area contributed by atoms with E-state index in [0.29, 0.717) is 17.2 Å². The molecule has 0 aliphatic carbocycles. The van der Waals surface area contributed by atoms with Crippen LogP contribution in [0.2, 0.25) is 5.02 Å². The number of halogens is 1. The first-order valence-electron chi connectivity index (χ1n) is 5.34. The topological polar surface area (TPSA) is 38.8 Å². The van der Waals surface area contributed by atoms with Gasteiger partial charge in [0.05, 0.1) is 0 Å². The fourth-order valence-electron chi connectivity index (χ4n) is 1.21. The lowest BCUT2D eigenvalue weighted by molar-refractivity contribution is -0.187. The minimum atomic E-state index is -0.612. The van der Waals surface area contributed by atoms with Crippen molar-refractivity contribution in [2.24, 2.45) is 0 Å². The summed E-state index contributed by atoms with van der Waals surface area (Å²) >= 11 is 5.76. The number of ether oxygens (including phenoxy) is 1. The van der Waals surface area contributed by atoms with Crippen molar-refractivity contribution in [3.05, 3.63) is 29.3 Å². The first kappa shape index (κ1) is 13.8. The number of carbonyl (C=O) groups is 1. The zero-order chi connectivity index (χ0) is 12.8. The minimum absolute atomic E-state index is 0.410. The van der Waals surface area contributed by atoms with Crippen molar-refractivity contribution >= 4 is 17.6 Å². The van der Waals surface area contributed by atoms with Gasteiger partial charge in [-0.05, 0) is 30.7 Å². The van der Waals surface area contributed by atoms with Gasteiger partial charge >= 0.3 is 5.97 Å². The van der Waals surface area contributed by atoms with E-state index < -0.39 is 12.1 Å². The number of carbonyl (C=O) groups excluding carboxylic acids is 1. The zero-order valence-electron chi connectivity index (χ0n) is 10.1. The zero-order valence-corrected chi connectivity index (χ0v) is 10.9. The van der Waals surface area contributed by atoms with Crippen LogP contribution in [0.4, 0.5) is 0 Å². The van der Waals surface area contributed by atoms with Gasteiger partial charge in [-0.1, -0.05) is 18.5 Å². The van der Waals surface area contributed by atoms with Crippen molar-refractivity contribution in [1.82, 2.24) is 5.06 Å². The average molecular weight is 258 g/mol. The van der Waals surface area contributed by atoms with Crippen molar-refractivity contribution in [1.29, 1.82) is 0 Å². The number of nitrogens with zero attached hydrogens (tertiary/aromatic N) is 1. The second-order valence-corrected chi connectivity index (χ2v) is 4.13. The molecule has 1 aromatic rings. The molecule has 0 aliphatic heterocycles. The number of hydrogen-bond acceptors (Lipinski definition) is 4. The predicted octanol–water partition coefficient (Wildman–Crippen LogP) is 2.52. The highest BCUT2D eigenvalue weighted by molar-refractivity contribution is 6.30. The van der Waals surface area contributed by atoms with E-state index in [-0.39, 0.29) is 0 Å². The van der Waals surface area contributed by atoms with Crippen LogP contribution in [0.3, 0.4) is 0 Å². The van der Waals surface area contributed by atoms with E-state index in [9.17, 15) is 4.79 Å². The van der Waals surface area contributed by atoms with Gasteiger partial charge in [0, 0.05) is 19.1 Å². The van der Waals surface area contributed by atoms with Gasteiger partial charge in [0.2, 0.25) is 0 Å². The predicted molar refractivity (Wildman–Crippen MR) is 65.9 cm³/mol. The van der Waals surface area contributed by atoms with Gasteiger partial charge in [0.15, 0.2) is 6.10 Å². The summed E-state index contributed by atoms with van der Waals surface area (Å²) in [6, 6.07) is 6.85. The summed E-state index contributed by atoms with van der Waals surface area (Å²) in [4.78, 5) is 16.6. The van der Waals surface area contributed by atoms with Gasteiger partial charge in [-0.25, -0.2) is 4.79 Å².